The number of benzene rings is 1. The molecular formula is C12H14FNO2. The molecule has 0 amide bonds. The smallest absolute Gasteiger partial charge is 0.139 e. The van der Waals surface area contributed by atoms with Crippen LogP contribution in [0.1, 0.15) is 5.56 Å². The first-order chi connectivity index (χ1) is 7.78. The maximum Gasteiger partial charge on any atom is 0.139 e. The number of rotatable bonds is 3. The SMILES string of the molecule is O=CC1COC(Cc2ccc(F)cc2)CN1. The predicted molar refractivity (Wildman–Crippen MR) is 57.7 cm³/mol. The molecule has 2 unspecified atom stereocenters. The molecule has 2 rings (SSSR count). The minimum Gasteiger partial charge on any atom is -0.374 e. The van der Waals surface area contributed by atoms with Crippen LogP contribution in [0.25, 0.3) is 0 Å². The molecule has 1 aliphatic rings. The molecule has 3 nitrogen and oxygen atoms in total. The van der Waals surface area contributed by atoms with Crippen molar-refractivity contribution >= 4 is 6.29 Å². The van der Waals surface area contributed by atoms with Gasteiger partial charge in [-0.3, -0.25) is 0 Å². The van der Waals surface area contributed by atoms with Gasteiger partial charge in [-0.05, 0) is 24.1 Å². The Bertz CT molecular complexity index is 345. The molecule has 4 heteroatoms. The Morgan fingerprint density at radius 3 is 2.75 bits per heavy atom. The maximum absolute atomic E-state index is 12.7. The average molecular weight is 223 g/mol. The molecule has 2 atom stereocenters. The topological polar surface area (TPSA) is 38.3 Å². The Morgan fingerprint density at radius 1 is 1.44 bits per heavy atom. The van der Waals surface area contributed by atoms with E-state index in [4.69, 9.17) is 4.74 Å². The number of halogens is 1. The highest BCUT2D eigenvalue weighted by atomic mass is 19.1. The fraction of sp³-hybridized carbons (Fsp3) is 0.417. The van der Waals surface area contributed by atoms with E-state index in [-0.39, 0.29) is 18.0 Å². The van der Waals surface area contributed by atoms with Gasteiger partial charge < -0.3 is 14.8 Å². The largest absolute Gasteiger partial charge is 0.374 e. The van der Waals surface area contributed by atoms with E-state index in [2.05, 4.69) is 5.32 Å². The van der Waals surface area contributed by atoms with Crippen LogP contribution in [-0.2, 0) is 16.0 Å². The van der Waals surface area contributed by atoms with E-state index in [1.165, 1.54) is 12.1 Å². The highest BCUT2D eigenvalue weighted by molar-refractivity contribution is 5.57. The van der Waals surface area contributed by atoms with Gasteiger partial charge >= 0.3 is 0 Å². The molecule has 1 aromatic carbocycles. The van der Waals surface area contributed by atoms with Crippen molar-refractivity contribution in [3.63, 3.8) is 0 Å². The lowest BCUT2D eigenvalue weighted by Crippen LogP contribution is -2.47. The van der Waals surface area contributed by atoms with Crippen LogP contribution >= 0.6 is 0 Å². The summed E-state index contributed by atoms with van der Waals surface area (Å²) < 4.78 is 18.2. The summed E-state index contributed by atoms with van der Waals surface area (Å²) in [4.78, 5) is 10.5. The van der Waals surface area contributed by atoms with Crippen LogP contribution in [0.5, 0.6) is 0 Å². The average Bonchev–Trinajstić information content (AvgIpc) is 2.33. The monoisotopic (exact) mass is 223 g/mol. The Kier molecular flexibility index (Phi) is 3.64. The quantitative estimate of drug-likeness (QED) is 0.774. The third-order valence-corrected chi connectivity index (χ3v) is 2.66. The second-order valence-electron chi connectivity index (χ2n) is 3.94. The minimum atomic E-state index is -0.229. The molecule has 16 heavy (non-hydrogen) atoms. The summed E-state index contributed by atoms with van der Waals surface area (Å²) in [6, 6.07) is 6.21. The minimum absolute atomic E-state index is 0.0571. The standard InChI is InChI=1S/C12H14FNO2/c13-10-3-1-9(2-4-10)5-12-6-14-11(7-15)8-16-12/h1-4,7,11-12,14H,5-6,8H2. The van der Waals surface area contributed by atoms with Crippen LogP contribution in [0.2, 0.25) is 0 Å². The van der Waals surface area contributed by atoms with Gasteiger partial charge in [-0.2, -0.15) is 0 Å². The van der Waals surface area contributed by atoms with Crippen LogP contribution in [0, 0.1) is 5.82 Å². The van der Waals surface area contributed by atoms with E-state index in [0.717, 1.165) is 18.3 Å². The van der Waals surface area contributed by atoms with E-state index in [0.29, 0.717) is 13.2 Å². The number of hydrogen-bond acceptors (Lipinski definition) is 3. The van der Waals surface area contributed by atoms with Crippen molar-refractivity contribution in [2.45, 2.75) is 18.6 Å². The first-order valence-corrected chi connectivity index (χ1v) is 5.32. The van der Waals surface area contributed by atoms with Crippen molar-refractivity contribution in [1.29, 1.82) is 0 Å². The Morgan fingerprint density at radius 2 is 2.19 bits per heavy atom. The molecule has 1 N–H and O–H groups in total. The second-order valence-corrected chi connectivity index (χ2v) is 3.94. The van der Waals surface area contributed by atoms with Crippen molar-refractivity contribution in [2.75, 3.05) is 13.2 Å². The number of nitrogens with one attached hydrogen (secondary N) is 1. The number of carbonyl (C=O) groups is 1. The fourth-order valence-corrected chi connectivity index (χ4v) is 1.74. The lowest BCUT2D eigenvalue weighted by molar-refractivity contribution is -0.113. The lowest BCUT2D eigenvalue weighted by atomic mass is 10.1. The van der Waals surface area contributed by atoms with E-state index >= 15 is 0 Å². The third kappa shape index (κ3) is 2.87. The third-order valence-electron chi connectivity index (χ3n) is 2.66. The summed E-state index contributed by atoms with van der Waals surface area (Å²) in [7, 11) is 0. The Balaban J connectivity index is 1.86. The number of aldehydes is 1. The molecule has 0 bridgehead atoms. The number of ether oxygens (including phenoxy) is 1. The molecular weight excluding hydrogens is 209 g/mol. The maximum atomic E-state index is 12.7. The number of hydrogen-bond donors (Lipinski definition) is 1. The van der Waals surface area contributed by atoms with Gasteiger partial charge in [0, 0.05) is 6.54 Å². The normalized spacial score (nSPS) is 25.3. The van der Waals surface area contributed by atoms with Gasteiger partial charge in [0.15, 0.2) is 0 Å². The molecule has 0 aromatic heterocycles. The predicted octanol–water partition coefficient (Wildman–Crippen LogP) is 0.924. The molecule has 86 valence electrons. The first-order valence-electron chi connectivity index (χ1n) is 5.32. The van der Waals surface area contributed by atoms with Crippen molar-refractivity contribution in [1.82, 2.24) is 5.32 Å². The van der Waals surface area contributed by atoms with Gasteiger partial charge in [0.05, 0.1) is 18.8 Å². The van der Waals surface area contributed by atoms with E-state index < -0.39 is 0 Å². The molecule has 0 aliphatic carbocycles. The summed E-state index contributed by atoms with van der Waals surface area (Å²) in [6.07, 6.45) is 1.65. The van der Waals surface area contributed by atoms with Gasteiger partial charge in [0.1, 0.15) is 12.1 Å². The van der Waals surface area contributed by atoms with Crippen molar-refractivity contribution in [3.8, 4) is 0 Å². The summed E-state index contributed by atoms with van der Waals surface area (Å²) >= 11 is 0. The van der Waals surface area contributed by atoms with E-state index in [1.807, 2.05) is 0 Å². The molecule has 1 fully saturated rings. The second kappa shape index (κ2) is 5.18. The Labute approximate surface area is 93.6 Å². The van der Waals surface area contributed by atoms with Gasteiger partial charge in [-0.1, -0.05) is 12.1 Å². The molecule has 1 saturated heterocycles. The molecule has 1 aliphatic heterocycles. The summed E-state index contributed by atoms with van der Waals surface area (Å²) in [6.45, 7) is 1.07. The van der Waals surface area contributed by atoms with Crippen molar-refractivity contribution in [3.05, 3.63) is 35.6 Å². The van der Waals surface area contributed by atoms with E-state index in [9.17, 15) is 9.18 Å². The van der Waals surface area contributed by atoms with Crippen LogP contribution in [0.15, 0.2) is 24.3 Å². The zero-order valence-corrected chi connectivity index (χ0v) is 8.86. The van der Waals surface area contributed by atoms with Gasteiger partial charge in [0.25, 0.3) is 0 Å². The number of morpholine rings is 1. The summed E-state index contributed by atoms with van der Waals surface area (Å²) in [5, 5.41) is 3.08. The van der Waals surface area contributed by atoms with Crippen LogP contribution in [-0.4, -0.2) is 31.6 Å². The van der Waals surface area contributed by atoms with Gasteiger partial charge in [-0.15, -0.1) is 0 Å². The highest BCUT2D eigenvalue weighted by Crippen LogP contribution is 2.10. The molecule has 1 aromatic rings. The summed E-state index contributed by atoms with van der Waals surface area (Å²) in [5.74, 6) is -0.229. The van der Waals surface area contributed by atoms with Crippen LogP contribution in [0.3, 0.4) is 0 Å². The number of carbonyl (C=O) groups excluding carboxylic acids is 1. The molecule has 1 heterocycles. The fourth-order valence-electron chi connectivity index (χ4n) is 1.74. The van der Waals surface area contributed by atoms with E-state index in [1.54, 1.807) is 12.1 Å². The first kappa shape index (κ1) is 11.2. The van der Waals surface area contributed by atoms with Gasteiger partial charge in [0.2, 0.25) is 0 Å². The summed E-state index contributed by atoms with van der Waals surface area (Å²) in [5.41, 5.74) is 1.04. The van der Waals surface area contributed by atoms with Crippen molar-refractivity contribution in [2.24, 2.45) is 0 Å². The molecule has 0 saturated carbocycles. The van der Waals surface area contributed by atoms with Crippen LogP contribution in [0.4, 0.5) is 4.39 Å². The Hall–Kier alpha value is -1.26. The zero-order chi connectivity index (χ0) is 11.4. The van der Waals surface area contributed by atoms with Crippen LogP contribution < -0.4 is 5.32 Å². The highest BCUT2D eigenvalue weighted by Gasteiger charge is 2.20. The molecule has 0 spiro atoms. The molecule has 0 radical (unpaired) electrons. The van der Waals surface area contributed by atoms with Crippen molar-refractivity contribution < 1.29 is 13.9 Å². The lowest BCUT2D eigenvalue weighted by Gasteiger charge is -2.27. The van der Waals surface area contributed by atoms with Gasteiger partial charge in [-0.25, -0.2) is 4.39 Å². The zero-order valence-electron chi connectivity index (χ0n) is 8.86.